The summed E-state index contributed by atoms with van der Waals surface area (Å²) in [5.41, 5.74) is 7.84. The lowest BCUT2D eigenvalue weighted by molar-refractivity contribution is 0.310. The van der Waals surface area contributed by atoms with Crippen LogP contribution in [-0.2, 0) is 6.61 Å². The van der Waals surface area contributed by atoms with E-state index in [9.17, 15) is 0 Å². The average Bonchev–Trinajstić information content (AvgIpc) is 3.05. The van der Waals surface area contributed by atoms with Crippen LogP contribution in [0.15, 0.2) is 73.1 Å². The van der Waals surface area contributed by atoms with Crippen molar-refractivity contribution in [3.05, 3.63) is 78.6 Å². The molecule has 2 aromatic heterocycles. The van der Waals surface area contributed by atoms with Gasteiger partial charge in [-0.15, -0.1) is 12.4 Å². The molecule has 25 heavy (non-hydrogen) atoms. The Kier molecular flexibility index (Phi) is 4.86. The topological polar surface area (TPSA) is 66.0 Å². The zero-order valence-corrected chi connectivity index (χ0v) is 14.2. The molecule has 2 aromatic carbocycles. The van der Waals surface area contributed by atoms with Gasteiger partial charge in [0.05, 0.1) is 5.52 Å². The maximum Gasteiger partial charge on any atom is 0.221 e. The zero-order chi connectivity index (χ0) is 16.4. The summed E-state index contributed by atoms with van der Waals surface area (Å²) in [6.07, 6.45) is 3.61. The van der Waals surface area contributed by atoms with Crippen LogP contribution in [0.2, 0.25) is 0 Å². The second-order valence-corrected chi connectivity index (χ2v) is 5.42. The maximum absolute atomic E-state index is 6.01. The molecule has 0 unspecified atom stereocenters. The van der Waals surface area contributed by atoms with Crippen molar-refractivity contribution < 1.29 is 4.74 Å². The van der Waals surface area contributed by atoms with E-state index in [2.05, 4.69) is 22.1 Å². The summed E-state index contributed by atoms with van der Waals surface area (Å²) in [5.74, 6) is 1.83. The summed E-state index contributed by atoms with van der Waals surface area (Å²) in [7, 11) is 0. The Morgan fingerprint density at radius 3 is 2.60 bits per heavy atom. The van der Waals surface area contributed by atoms with Crippen LogP contribution in [0.25, 0.3) is 16.7 Å². The van der Waals surface area contributed by atoms with E-state index in [0.29, 0.717) is 6.61 Å². The van der Waals surface area contributed by atoms with Gasteiger partial charge in [-0.2, -0.15) is 4.98 Å². The van der Waals surface area contributed by atoms with Crippen molar-refractivity contribution in [2.75, 3.05) is 5.73 Å². The van der Waals surface area contributed by atoms with Crippen LogP contribution in [0.3, 0.4) is 0 Å². The SMILES string of the molecule is Cl.Nc1nccc(-n2ccc3c(OCc4ccccc4)cccc32)n1. The van der Waals surface area contributed by atoms with Gasteiger partial charge in [-0.05, 0) is 29.8 Å². The Hall–Kier alpha value is -3.05. The van der Waals surface area contributed by atoms with Gasteiger partial charge in [-0.25, -0.2) is 4.98 Å². The molecular weight excluding hydrogens is 336 g/mol. The molecule has 0 radical (unpaired) electrons. The lowest BCUT2D eigenvalue weighted by Gasteiger charge is -2.09. The standard InChI is InChI=1S/C19H16N4O.ClH/c20-19-21-11-9-18(22-19)23-12-10-15-16(23)7-4-8-17(15)24-13-14-5-2-1-3-6-14;/h1-12H,13H2,(H2,20,21,22);1H. The van der Waals surface area contributed by atoms with Gasteiger partial charge in [0.15, 0.2) is 0 Å². The highest BCUT2D eigenvalue weighted by atomic mass is 35.5. The number of halogens is 1. The second kappa shape index (κ2) is 7.23. The van der Waals surface area contributed by atoms with Gasteiger partial charge in [-0.3, -0.25) is 0 Å². The van der Waals surface area contributed by atoms with Gasteiger partial charge in [0.25, 0.3) is 0 Å². The van der Waals surface area contributed by atoms with E-state index in [1.165, 1.54) is 0 Å². The minimum Gasteiger partial charge on any atom is -0.488 e. The average molecular weight is 353 g/mol. The molecule has 6 heteroatoms. The third-order valence-corrected chi connectivity index (χ3v) is 3.84. The molecule has 0 spiro atoms. The normalized spacial score (nSPS) is 10.4. The molecule has 0 amide bonds. The van der Waals surface area contributed by atoms with Gasteiger partial charge in [0.2, 0.25) is 5.95 Å². The second-order valence-electron chi connectivity index (χ2n) is 5.42. The lowest BCUT2D eigenvalue weighted by Crippen LogP contribution is -2.01. The van der Waals surface area contributed by atoms with Gasteiger partial charge >= 0.3 is 0 Å². The Morgan fingerprint density at radius 2 is 1.80 bits per heavy atom. The van der Waals surface area contributed by atoms with Crippen LogP contribution in [0.4, 0.5) is 5.95 Å². The van der Waals surface area contributed by atoms with Crippen molar-refractivity contribution >= 4 is 29.3 Å². The molecule has 0 aliphatic heterocycles. The van der Waals surface area contributed by atoms with Crippen LogP contribution >= 0.6 is 12.4 Å². The Bertz CT molecular complexity index is 985. The Labute approximate surface area is 151 Å². The summed E-state index contributed by atoms with van der Waals surface area (Å²) in [4.78, 5) is 8.22. The molecule has 0 aliphatic rings. The third kappa shape index (κ3) is 3.41. The fraction of sp³-hybridized carbons (Fsp3) is 0.0526. The summed E-state index contributed by atoms with van der Waals surface area (Å²) >= 11 is 0. The number of ether oxygens (including phenoxy) is 1. The van der Waals surface area contributed by atoms with Crippen LogP contribution in [0.5, 0.6) is 5.75 Å². The molecule has 2 N–H and O–H groups in total. The molecule has 5 nitrogen and oxygen atoms in total. The fourth-order valence-corrected chi connectivity index (χ4v) is 2.70. The predicted molar refractivity (Wildman–Crippen MR) is 101 cm³/mol. The highest BCUT2D eigenvalue weighted by Crippen LogP contribution is 2.28. The zero-order valence-electron chi connectivity index (χ0n) is 13.4. The van der Waals surface area contributed by atoms with E-state index in [0.717, 1.165) is 28.0 Å². The van der Waals surface area contributed by atoms with E-state index in [1.54, 1.807) is 6.20 Å². The molecule has 0 bridgehead atoms. The van der Waals surface area contributed by atoms with Crippen LogP contribution in [0, 0.1) is 0 Å². The number of anilines is 1. The Balaban J connectivity index is 0.00000182. The summed E-state index contributed by atoms with van der Waals surface area (Å²) in [5, 5.41) is 1.03. The number of hydrogen-bond acceptors (Lipinski definition) is 4. The summed E-state index contributed by atoms with van der Waals surface area (Å²) in [6.45, 7) is 0.533. The van der Waals surface area contributed by atoms with Crippen LogP contribution in [0.1, 0.15) is 5.56 Å². The first-order chi connectivity index (χ1) is 11.8. The minimum atomic E-state index is 0. The summed E-state index contributed by atoms with van der Waals surface area (Å²) < 4.78 is 7.98. The lowest BCUT2D eigenvalue weighted by atomic mass is 10.2. The van der Waals surface area contributed by atoms with Crippen molar-refractivity contribution in [3.8, 4) is 11.6 Å². The number of benzene rings is 2. The van der Waals surface area contributed by atoms with E-state index < -0.39 is 0 Å². The molecule has 0 aliphatic carbocycles. The predicted octanol–water partition coefficient (Wildman–Crippen LogP) is 4.00. The van der Waals surface area contributed by atoms with Crippen molar-refractivity contribution in [1.29, 1.82) is 0 Å². The van der Waals surface area contributed by atoms with Gasteiger partial charge < -0.3 is 15.0 Å². The number of nitrogens with two attached hydrogens (primary N) is 1. The largest absolute Gasteiger partial charge is 0.488 e. The first-order valence-corrected chi connectivity index (χ1v) is 7.67. The molecule has 0 saturated heterocycles. The fourth-order valence-electron chi connectivity index (χ4n) is 2.70. The van der Waals surface area contributed by atoms with Gasteiger partial charge in [-0.1, -0.05) is 36.4 Å². The smallest absolute Gasteiger partial charge is 0.221 e. The highest BCUT2D eigenvalue weighted by molar-refractivity contribution is 5.87. The van der Waals surface area contributed by atoms with E-state index in [4.69, 9.17) is 10.5 Å². The Morgan fingerprint density at radius 1 is 0.960 bits per heavy atom. The minimum absolute atomic E-state index is 0. The quantitative estimate of drug-likeness (QED) is 0.602. The van der Waals surface area contributed by atoms with Crippen molar-refractivity contribution in [3.63, 3.8) is 0 Å². The molecule has 0 atom stereocenters. The van der Waals surface area contributed by atoms with E-state index in [-0.39, 0.29) is 18.4 Å². The molecule has 0 fully saturated rings. The molecule has 126 valence electrons. The molecule has 4 rings (SSSR count). The number of rotatable bonds is 4. The van der Waals surface area contributed by atoms with Crippen molar-refractivity contribution in [2.45, 2.75) is 6.61 Å². The van der Waals surface area contributed by atoms with E-state index in [1.807, 2.05) is 59.3 Å². The maximum atomic E-state index is 6.01. The first-order valence-electron chi connectivity index (χ1n) is 7.67. The number of nitrogen functional groups attached to an aromatic ring is 1. The van der Waals surface area contributed by atoms with Gasteiger partial charge in [0.1, 0.15) is 18.2 Å². The number of nitrogens with zero attached hydrogens (tertiary/aromatic N) is 3. The third-order valence-electron chi connectivity index (χ3n) is 3.84. The molecule has 0 saturated carbocycles. The molecule has 4 aromatic rings. The van der Waals surface area contributed by atoms with Gasteiger partial charge in [0, 0.05) is 17.8 Å². The summed E-state index contributed by atoms with van der Waals surface area (Å²) in [6, 6.07) is 19.9. The number of hydrogen-bond donors (Lipinski definition) is 1. The number of aromatic nitrogens is 3. The first kappa shape index (κ1) is 16.8. The molecule has 2 heterocycles. The van der Waals surface area contributed by atoms with Crippen LogP contribution in [-0.4, -0.2) is 14.5 Å². The highest BCUT2D eigenvalue weighted by Gasteiger charge is 2.09. The monoisotopic (exact) mass is 352 g/mol. The van der Waals surface area contributed by atoms with Crippen molar-refractivity contribution in [2.24, 2.45) is 0 Å². The van der Waals surface area contributed by atoms with Crippen LogP contribution < -0.4 is 10.5 Å². The number of fused-ring (bicyclic) bond motifs is 1. The van der Waals surface area contributed by atoms with Crippen molar-refractivity contribution in [1.82, 2.24) is 14.5 Å². The van der Waals surface area contributed by atoms with E-state index >= 15 is 0 Å². The molecular formula is C19H17ClN4O.